The molecule has 0 saturated carbocycles. The average Bonchev–Trinajstić information content (AvgIpc) is 3.08. The summed E-state index contributed by atoms with van der Waals surface area (Å²) in [6, 6.07) is 4.25. The zero-order chi connectivity index (χ0) is 14.1. The van der Waals surface area contributed by atoms with Gasteiger partial charge < -0.3 is 19.7 Å². The van der Waals surface area contributed by atoms with E-state index in [9.17, 15) is 10.2 Å². The number of hydrogen-bond acceptors (Lipinski definition) is 5. The lowest BCUT2D eigenvalue weighted by molar-refractivity contribution is -0.00157. The van der Waals surface area contributed by atoms with Gasteiger partial charge in [-0.1, -0.05) is 11.6 Å². The summed E-state index contributed by atoms with van der Waals surface area (Å²) in [5.41, 5.74) is 3.54. The Morgan fingerprint density at radius 2 is 1.95 bits per heavy atom. The van der Waals surface area contributed by atoms with E-state index in [4.69, 9.17) is 9.47 Å². The molecular formula is C16H17NO4. The van der Waals surface area contributed by atoms with Crippen LogP contribution in [0.25, 0.3) is 0 Å². The molecule has 0 spiro atoms. The van der Waals surface area contributed by atoms with Gasteiger partial charge in [-0.05, 0) is 29.7 Å². The van der Waals surface area contributed by atoms with Crippen molar-refractivity contribution in [3.8, 4) is 11.5 Å². The summed E-state index contributed by atoms with van der Waals surface area (Å²) >= 11 is 0. The standard InChI is InChI=1S/C16H17NO4/c18-11-3-8-1-2-17-6-9-4-12-13(21-7-20-12)5-10(9)14(15(8)17)16(11)19/h3-5,11,14-16,18-19H,1-2,6-7H2/t11-,14+,15+,16+/m0/s1. The molecule has 1 aromatic rings. The molecular weight excluding hydrogens is 270 g/mol. The van der Waals surface area contributed by atoms with Crippen LogP contribution in [0, 0.1) is 0 Å². The summed E-state index contributed by atoms with van der Waals surface area (Å²) in [6.45, 7) is 2.11. The Hall–Kier alpha value is -1.56. The lowest BCUT2D eigenvalue weighted by Crippen LogP contribution is -2.49. The Kier molecular flexibility index (Phi) is 2.29. The van der Waals surface area contributed by atoms with Crippen LogP contribution in [-0.2, 0) is 6.54 Å². The first-order valence-electron chi connectivity index (χ1n) is 7.45. The minimum atomic E-state index is -0.780. The van der Waals surface area contributed by atoms with E-state index in [-0.39, 0.29) is 18.8 Å². The topological polar surface area (TPSA) is 62.2 Å². The third-order valence-electron chi connectivity index (χ3n) is 5.27. The number of ether oxygens (including phenoxy) is 2. The van der Waals surface area contributed by atoms with Crippen molar-refractivity contribution in [2.24, 2.45) is 0 Å². The van der Waals surface area contributed by atoms with Gasteiger partial charge in [0.15, 0.2) is 11.5 Å². The van der Waals surface area contributed by atoms with Gasteiger partial charge >= 0.3 is 0 Å². The Labute approximate surface area is 122 Å². The highest BCUT2D eigenvalue weighted by atomic mass is 16.7. The Bertz CT molecular complexity index is 656. The summed E-state index contributed by atoms with van der Waals surface area (Å²) in [4.78, 5) is 2.40. The van der Waals surface area contributed by atoms with E-state index < -0.39 is 12.2 Å². The fourth-order valence-electron chi connectivity index (χ4n) is 4.35. The van der Waals surface area contributed by atoms with Gasteiger partial charge in [-0.15, -0.1) is 0 Å². The zero-order valence-corrected chi connectivity index (χ0v) is 11.5. The van der Waals surface area contributed by atoms with E-state index >= 15 is 0 Å². The number of fused-ring (bicyclic) bond motifs is 3. The molecule has 0 unspecified atom stereocenters. The summed E-state index contributed by atoms with van der Waals surface area (Å²) in [6.07, 6.45) is 1.28. The van der Waals surface area contributed by atoms with Crippen molar-refractivity contribution in [2.45, 2.75) is 37.1 Å². The molecule has 0 bridgehead atoms. The maximum Gasteiger partial charge on any atom is 0.231 e. The molecule has 1 aromatic carbocycles. The second-order valence-corrected chi connectivity index (χ2v) is 6.32. The van der Waals surface area contributed by atoms with Crippen LogP contribution in [0.1, 0.15) is 23.5 Å². The van der Waals surface area contributed by atoms with Crippen LogP contribution in [0.3, 0.4) is 0 Å². The Morgan fingerprint density at radius 3 is 2.81 bits per heavy atom. The van der Waals surface area contributed by atoms with Gasteiger partial charge in [0.2, 0.25) is 6.79 Å². The summed E-state index contributed by atoms with van der Waals surface area (Å²) in [7, 11) is 0. The molecule has 110 valence electrons. The van der Waals surface area contributed by atoms with Gasteiger partial charge in [0.05, 0.1) is 12.2 Å². The molecule has 3 aliphatic heterocycles. The molecule has 5 rings (SSSR count). The van der Waals surface area contributed by atoms with Crippen molar-refractivity contribution >= 4 is 0 Å². The van der Waals surface area contributed by atoms with Crippen LogP contribution in [0.15, 0.2) is 23.8 Å². The van der Waals surface area contributed by atoms with Crippen molar-refractivity contribution in [2.75, 3.05) is 13.3 Å². The molecule has 1 aliphatic carbocycles. The molecule has 3 heterocycles. The zero-order valence-electron chi connectivity index (χ0n) is 11.5. The summed E-state index contributed by atoms with van der Waals surface area (Å²) in [5.74, 6) is 1.45. The highest BCUT2D eigenvalue weighted by Gasteiger charge is 2.48. The van der Waals surface area contributed by atoms with E-state index in [0.717, 1.165) is 36.6 Å². The second-order valence-electron chi connectivity index (χ2n) is 6.32. The summed E-state index contributed by atoms with van der Waals surface area (Å²) < 4.78 is 10.9. The lowest BCUT2D eigenvalue weighted by atomic mass is 9.73. The predicted octanol–water partition coefficient (Wildman–Crippen LogP) is 0.749. The number of rotatable bonds is 0. The average molecular weight is 287 g/mol. The summed E-state index contributed by atoms with van der Waals surface area (Å²) in [5, 5.41) is 20.7. The molecule has 0 amide bonds. The highest BCUT2D eigenvalue weighted by Crippen LogP contribution is 2.49. The van der Waals surface area contributed by atoms with Crippen LogP contribution in [0.5, 0.6) is 11.5 Å². The van der Waals surface area contributed by atoms with Gasteiger partial charge in [0.25, 0.3) is 0 Å². The van der Waals surface area contributed by atoms with Crippen molar-refractivity contribution in [3.63, 3.8) is 0 Å². The van der Waals surface area contributed by atoms with Crippen molar-refractivity contribution < 1.29 is 19.7 Å². The Balaban J connectivity index is 1.70. The number of aliphatic hydroxyl groups excluding tert-OH is 2. The first-order chi connectivity index (χ1) is 10.2. The molecule has 1 fully saturated rings. The largest absolute Gasteiger partial charge is 0.454 e. The minimum Gasteiger partial charge on any atom is -0.454 e. The number of nitrogens with zero attached hydrogens (tertiary/aromatic N) is 1. The van der Waals surface area contributed by atoms with Crippen molar-refractivity contribution in [3.05, 3.63) is 34.9 Å². The molecule has 4 atom stereocenters. The molecule has 0 radical (unpaired) electrons. The molecule has 0 aromatic heterocycles. The van der Waals surface area contributed by atoms with Gasteiger partial charge in [0, 0.05) is 25.0 Å². The molecule has 21 heavy (non-hydrogen) atoms. The maximum atomic E-state index is 10.5. The van der Waals surface area contributed by atoms with E-state index in [2.05, 4.69) is 4.90 Å². The molecule has 1 saturated heterocycles. The third-order valence-corrected chi connectivity index (χ3v) is 5.27. The maximum absolute atomic E-state index is 10.5. The number of benzene rings is 1. The van der Waals surface area contributed by atoms with E-state index in [1.165, 1.54) is 11.1 Å². The third kappa shape index (κ3) is 1.51. The number of aliphatic hydroxyl groups is 2. The molecule has 2 N–H and O–H groups in total. The van der Waals surface area contributed by atoms with Gasteiger partial charge in [-0.2, -0.15) is 0 Å². The normalized spacial score (nSPS) is 36.2. The monoisotopic (exact) mass is 287 g/mol. The second kappa shape index (κ2) is 4.00. The lowest BCUT2D eigenvalue weighted by Gasteiger charge is -2.44. The SMILES string of the molecule is O[C@H]1[C@@H]2c3cc4c(cc3CN3CCC(=C[C@@H]1O)[C@H]23)OCO4. The Morgan fingerprint density at radius 1 is 1.14 bits per heavy atom. The van der Waals surface area contributed by atoms with Gasteiger partial charge in [-0.25, -0.2) is 0 Å². The van der Waals surface area contributed by atoms with Crippen LogP contribution >= 0.6 is 0 Å². The van der Waals surface area contributed by atoms with Crippen molar-refractivity contribution in [1.82, 2.24) is 4.90 Å². The van der Waals surface area contributed by atoms with Crippen LogP contribution in [0.2, 0.25) is 0 Å². The molecule has 5 heteroatoms. The molecule has 4 aliphatic rings. The van der Waals surface area contributed by atoms with Gasteiger partial charge in [0.1, 0.15) is 0 Å². The predicted molar refractivity (Wildman–Crippen MR) is 74.2 cm³/mol. The van der Waals surface area contributed by atoms with Crippen molar-refractivity contribution in [1.29, 1.82) is 0 Å². The quantitative estimate of drug-likeness (QED) is 0.690. The van der Waals surface area contributed by atoms with Gasteiger partial charge in [-0.3, -0.25) is 4.90 Å². The fourth-order valence-corrected chi connectivity index (χ4v) is 4.35. The van der Waals surface area contributed by atoms with E-state index in [1.807, 2.05) is 18.2 Å². The highest BCUT2D eigenvalue weighted by molar-refractivity contribution is 5.53. The van der Waals surface area contributed by atoms with Crippen LogP contribution in [0.4, 0.5) is 0 Å². The fraction of sp³-hybridized carbons (Fsp3) is 0.500. The van der Waals surface area contributed by atoms with E-state index in [0.29, 0.717) is 0 Å². The van der Waals surface area contributed by atoms with Crippen LogP contribution in [-0.4, -0.2) is 46.7 Å². The first-order valence-corrected chi connectivity index (χ1v) is 7.45. The smallest absolute Gasteiger partial charge is 0.231 e. The molecule has 5 nitrogen and oxygen atoms in total. The van der Waals surface area contributed by atoms with E-state index in [1.54, 1.807) is 0 Å². The number of hydrogen-bond donors (Lipinski definition) is 2. The minimum absolute atomic E-state index is 0.0826. The first kappa shape index (κ1) is 12.0. The van der Waals surface area contributed by atoms with Crippen LogP contribution < -0.4 is 9.47 Å².